The highest BCUT2D eigenvalue weighted by Gasteiger charge is 2.33. The summed E-state index contributed by atoms with van der Waals surface area (Å²) in [6, 6.07) is 1.75. The number of alkyl halides is 4. The molecule has 1 aliphatic carbocycles. The molecular formula is C26H29F4N5O3. The fourth-order valence-corrected chi connectivity index (χ4v) is 4.21. The van der Waals surface area contributed by atoms with Crippen LogP contribution in [0.5, 0.6) is 0 Å². The minimum Gasteiger partial charge on any atom is -0.508 e. The molecule has 0 saturated carbocycles. The van der Waals surface area contributed by atoms with Gasteiger partial charge in [-0.2, -0.15) is 13.2 Å². The van der Waals surface area contributed by atoms with Crippen LogP contribution in [-0.4, -0.2) is 40.3 Å². The Hall–Kier alpha value is -3.83. The van der Waals surface area contributed by atoms with Gasteiger partial charge in [0, 0.05) is 18.7 Å². The summed E-state index contributed by atoms with van der Waals surface area (Å²) < 4.78 is 60.4. The number of aromatic nitrogens is 2. The lowest BCUT2D eigenvalue weighted by molar-refractivity contribution is -0.137. The molecule has 2 amide bonds. The first kappa shape index (κ1) is 27.2. The number of aliphatic hydroxyl groups excluding tert-OH is 1. The highest BCUT2D eigenvalue weighted by atomic mass is 19.4. The standard InChI is InChI=1S/C26H29F4N5O3/c1-25(2,27)16-10-17(26(28,29)30)12-18(11-16)32-24(37)34-22-13-31-14-23(33-22)35-9-5-6-19(15-35)38-21-8-4-3-7-20(21)36/h4,8,10-14,19,36H,3,5-7,9,15H2,1-2H3,(H2,32,33,34,37). The zero-order chi connectivity index (χ0) is 27.5. The number of urea groups is 1. The second-order valence-electron chi connectivity index (χ2n) is 9.69. The number of benzene rings is 1. The van der Waals surface area contributed by atoms with Gasteiger partial charge in [-0.05, 0) is 62.9 Å². The van der Waals surface area contributed by atoms with Crippen molar-refractivity contribution >= 4 is 23.4 Å². The summed E-state index contributed by atoms with van der Waals surface area (Å²) in [6.45, 7) is 3.43. The number of amides is 2. The maximum atomic E-state index is 14.4. The van der Waals surface area contributed by atoms with Gasteiger partial charge in [0.2, 0.25) is 0 Å². The molecule has 1 fully saturated rings. The highest BCUT2D eigenvalue weighted by Crippen LogP contribution is 2.36. The maximum Gasteiger partial charge on any atom is 0.416 e. The summed E-state index contributed by atoms with van der Waals surface area (Å²) >= 11 is 0. The Kier molecular flexibility index (Phi) is 7.79. The van der Waals surface area contributed by atoms with Crippen molar-refractivity contribution in [3.63, 3.8) is 0 Å². The van der Waals surface area contributed by atoms with E-state index in [0.29, 0.717) is 31.1 Å². The van der Waals surface area contributed by atoms with Gasteiger partial charge < -0.3 is 20.1 Å². The molecule has 3 N–H and O–H groups in total. The summed E-state index contributed by atoms with van der Waals surface area (Å²) in [6.07, 6.45) is 4.56. The van der Waals surface area contributed by atoms with Gasteiger partial charge in [-0.25, -0.2) is 14.2 Å². The third-order valence-corrected chi connectivity index (χ3v) is 6.17. The second-order valence-corrected chi connectivity index (χ2v) is 9.69. The van der Waals surface area contributed by atoms with Crippen LogP contribution in [0.4, 0.5) is 39.7 Å². The lowest BCUT2D eigenvalue weighted by Crippen LogP contribution is -2.40. The zero-order valence-electron chi connectivity index (χ0n) is 21.0. The van der Waals surface area contributed by atoms with Gasteiger partial charge in [0.15, 0.2) is 11.6 Å². The van der Waals surface area contributed by atoms with Crippen LogP contribution in [0, 0.1) is 0 Å². The molecule has 8 nitrogen and oxygen atoms in total. The number of nitrogens with zero attached hydrogens (tertiary/aromatic N) is 3. The Morgan fingerprint density at radius 2 is 1.89 bits per heavy atom. The molecule has 1 aromatic heterocycles. The van der Waals surface area contributed by atoms with Crippen LogP contribution < -0.4 is 15.5 Å². The van der Waals surface area contributed by atoms with Gasteiger partial charge in [0.1, 0.15) is 23.3 Å². The number of piperidine rings is 1. The van der Waals surface area contributed by atoms with Gasteiger partial charge in [-0.15, -0.1) is 0 Å². The molecular weight excluding hydrogens is 506 g/mol. The van der Waals surface area contributed by atoms with Crippen LogP contribution in [0.25, 0.3) is 0 Å². The number of allylic oxidation sites excluding steroid dienone is 3. The van der Waals surface area contributed by atoms with Crippen molar-refractivity contribution in [2.24, 2.45) is 0 Å². The van der Waals surface area contributed by atoms with Crippen LogP contribution in [0.3, 0.4) is 0 Å². The van der Waals surface area contributed by atoms with Crippen LogP contribution in [0.15, 0.2) is 54.3 Å². The van der Waals surface area contributed by atoms with E-state index in [1.54, 1.807) is 6.08 Å². The molecule has 38 heavy (non-hydrogen) atoms. The number of nitrogens with one attached hydrogen (secondary N) is 2. The number of carbonyl (C=O) groups excluding carboxylic acids is 1. The van der Waals surface area contributed by atoms with E-state index >= 15 is 0 Å². The van der Waals surface area contributed by atoms with Crippen molar-refractivity contribution in [3.8, 4) is 0 Å². The molecule has 1 saturated heterocycles. The van der Waals surface area contributed by atoms with Gasteiger partial charge in [-0.3, -0.25) is 10.3 Å². The summed E-state index contributed by atoms with van der Waals surface area (Å²) in [5, 5.41) is 14.8. The molecule has 0 radical (unpaired) electrons. The average Bonchev–Trinajstić information content (AvgIpc) is 2.84. The van der Waals surface area contributed by atoms with Crippen molar-refractivity contribution in [2.45, 2.75) is 57.5 Å². The maximum absolute atomic E-state index is 14.4. The fraction of sp³-hybridized carbons (Fsp3) is 0.423. The Morgan fingerprint density at radius 3 is 2.61 bits per heavy atom. The highest BCUT2D eigenvalue weighted by molar-refractivity contribution is 5.99. The predicted octanol–water partition coefficient (Wildman–Crippen LogP) is 6.45. The Balaban J connectivity index is 1.43. The molecule has 2 heterocycles. The minimum atomic E-state index is -4.72. The van der Waals surface area contributed by atoms with Crippen molar-refractivity contribution in [1.82, 2.24) is 9.97 Å². The SMILES string of the molecule is CC(C)(F)c1cc(NC(=O)Nc2cncc(N3CCCC(OC4=C(O)CCC=C4)C3)n2)cc(C(F)(F)F)c1. The monoisotopic (exact) mass is 535 g/mol. The lowest BCUT2D eigenvalue weighted by Gasteiger charge is -2.34. The summed E-state index contributed by atoms with van der Waals surface area (Å²) in [4.78, 5) is 23.0. The third-order valence-electron chi connectivity index (χ3n) is 6.17. The van der Waals surface area contributed by atoms with Crippen LogP contribution in [0.2, 0.25) is 0 Å². The molecule has 4 rings (SSSR count). The molecule has 1 aliphatic heterocycles. The van der Waals surface area contributed by atoms with Gasteiger partial charge in [-0.1, -0.05) is 6.08 Å². The molecule has 204 valence electrons. The lowest BCUT2D eigenvalue weighted by atomic mass is 9.97. The topological polar surface area (TPSA) is 99.6 Å². The quantitative estimate of drug-likeness (QED) is 0.368. The smallest absolute Gasteiger partial charge is 0.416 e. The summed E-state index contributed by atoms with van der Waals surface area (Å²) in [5.74, 6) is 1.26. The van der Waals surface area contributed by atoms with Crippen LogP contribution in [0.1, 0.15) is 50.7 Å². The van der Waals surface area contributed by atoms with E-state index < -0.39 is 23.4 Å². The molecule has 0 spiro atoms. The molecule has 12 heteroatoms. The fourth-order valence-electron chi connectivity index (χ4n) is 4.21. The largest absolute Gasteiger partial charge is 0.508 e. The number of anilines is 3. The van der Waals surface area contributed by atoms with Crippen molar-refractivity contribution in [1.29, 1.82) is 0 Å². The molecule has 1 atom stereocenters. The average molecular weight is 536 g/mol. The number of halogens is 4. The summed E-state index contributed by atoms with van der Waals surface area (Å²) in [5.41, 5.74) is -3.56. The molecule has 1 aromatic carbocycles. The normalized spacial score (nSPS) is 18.4. The van der Waals surface area contributed by atoms with E-state index in [0.717, 1.165) is 51.3 Å². The van der Waals surface area contributed by atoms with E-state index in [-0.39, 0.29) is 28.9 Å². The Morgan fingerprint density at radius 1 is 1.13 bits per heavy atom. The number of hydrogen-bond donors (Lipinski definition) is 3. The molecule has 2 aromatic rings. The second kappa shape index (κ2) is 10.9. The van der Waals surface area contributed by atoms with Crippen molar-refractivity contribution in [3.05, 3.63) is 65.4 Å². The molecule has 1 unspecified atom stereocenters. The first-order valence-corrected chi connectivity index (χ1v) is 12.2. The Labute approximate surface area is 217 Å². The van der Waals surface area contributed by atoms with Gasteiger partial charge in [0.25, 0.3) is 0 Å². The number of rotatable bonds is 6. The van der Waals surface area contributed by atoms with Crippen molar-refractivity contribution < 1.29 is 32.2 Å². The van der Waals surface area contributed by atoms with E-state index in [1.165, 1.54) is 12.4 Å². The Bertz CT molecular complexity index is 1210. The number of aliphatic hydroxyl groups is 1. The van der Waals surface area contributed by atoms with Crippen LogP contribution >= 0.6 is 0 Å². The molecule has 2 aliphatic rings. The third kappa shape index (κ3) is 6.93. The zero-order valence-corrected chi connectivity index (χ0v) is 21.0. The van der Waals surface area contributed by atoms with E-state index in [2.05, 4.69) is 20.6 Å². The first-order valence-electron chi connectivity index (χ1n) is 12.2. The van der Waals surface area contributed by atoms with Gasteiger partial charge >= 0.3 is 12.2 Å². The van der Waals surface area contributed by atoms with Crippen molar-refractivity contribution in [2.75, 3.05) is 28.6 Å². The van der Waals surface area contributed by atoms with Crippen LogP contribution in [-0.2, 0) is 16.6 Å². The number of ether oxygens (including phenoxy) is 1. The van der Waals surface area contributed by atoms with E-state index in [4.69, 9.17) is 4.74 Å². The van der Waals surface area contributed by atoms with Gasteiger partial charge in [0.05, 0.1) is 24.5 Å². The molecule has 0 bridgehead atoms. The van der Waals surface area contributed by atoms with E-state index in [1.807, 2.05) is 11.0 Å². The predicted molar refractivity (Wildman–Crippen MR) is 135 cm³/mol. The number of carbonyl (C=O) groups is 1. The summed E-state index contributed by atoms with van der Waals surface area (Å²) in [7, 11) is 0. The van der Waals surface area contributed by atoms with E-state index in [9.17, 15) is 27.5 Å². The minimum absolute atomic E-state index is 0.0802. The first-order chi connectivity index (χ1) is 17.9. The number of hydrogen-bond acceptors (Lipinski definition) is 6.